The zero-order chi connectivity index (χ0) is 35.2. The maximum absolute atomic E-state index is 14.1. The van der Waals surface area contributed by atoms with Crippen LogP contribution in [0.15, 0.2) is 64.9 Å². The van der Waals surface area contributed by atoms with Crippen molar-refractivity contribution in [3.63, 3.8) is 0 Å². The van der Waals surface area contributed by atoms with Crippen molar-refractivity contribution >= 4 is 39.2 Å². The molecule has 4 rings (SSSR count). The Bertz CT molecular complexity index is 1680. The minimum atomic E-state index is -4.17. The van der Waals surface area contributed by atoms with Crippen molar-refractivity contribution in [3.05, 3.63) is 76.2 Å². The lowest BCUT2D eigenvalue weighted by atomic mass is 9.72. The molecule has 3 atom stereocenters. The quantitative estimate of drug-likeness (QED) is 0.191. The highest BCUT2D eigenvalue weighted by atomic mass is 32.2. The van der Waals surface area contributed by atoms with Gasteiger partial charge in [0.1, 0.15) is 11.3 Å². The molecule has 5 N–H and O–H groups in total. The van der Waals surface area contributed by atoms with Gasteiger partial charge in [-0.05, 0) is 49.1 Å². The van der Waals surface area contributed by atoms with E-state index in [0.29, 0.717) is 17.0 Å². The summed E-state index contributed by atoms with van der Waals surface area (Å²) in [5, 5.41) is 14.8. The molecule has 1 saturated heterocycles. The molecule has 2 aromatic carbocycles. The molecule has 48 heavy (non-hydrogen) atoms. The zero-order valence-electron chi connectivity index (χ0n) is 27.6. The normalized spacial score (nSPS) is 16.3. The molecule has 1 aliphatic heterocycles. The van der Waals surface area contributed by atoms with Gasteiger partial charge in [0.15, 0.2) is 0 Å². The minimum Gasteiger partial charge on any atom is -0.497 e. The average molecular weight is 701 g/mol. The first-order valence-electron chi connectivity index (χ1n) is 15.6. The van der Waals surface area contributed by atoms with Gasteiger partial charge in [-0.15, -0.1) is 11.3 Å². The number of urea groups is 1. The Hall–Kier alpha value is -4.05. The van der Waals surface area contributed by atoms with Gasteiger partial charge in [0.2, 0.25) is 21.8 Å². The van der Waals surface area contributed by atoms with Crippen LogP contribution in [0.25, 0.3) is 0 Å². The molecule has 0 spiro atoms. The number of aromatic nitrogens is 1. The van der Waals surface area contributed by atoms with Crippen LogP contribution in [0.5, 0.6) is 5.75 Å². The summed E-state index contributed by atoms with van der Waals surface area (Å²) in [7, 11) is -2.70. The van der Waals surface area contributed by atoms with Gasteiger partial charge < -0.3 is 31.1 Å². The number of amides is 4. The lowest BCUT2D eigenvalue weighted by Crippen LogP contribution is -2.67. The summed E-state index contributed by atoms with van der Waals surface area (Å²) < 4.78 is 34.3. The standard InChI is InChI=1S/C33H44N6O7S2/c1-22(2)18-38(48(44,45)27-12-10-26(46-4)11-13-27)20-29(40)28(16-24-8-6-5-7-9-24)33(31(35)42,17-30(34)41)39-15-14-37(32(39)43)19-25-21-47-23(3)36-25/h5-13,21-22,28-29,40H,14-20H2,1-4H3,(H2,34,41)(H2,35,42)/t28-,29+,33?/m1/s1. The predicted molar refractivity (Wildman–Crippen MR) is 181 cm³/mol. The van der Waals surface area contributed by atoms with Crippen LogP contribution >= 0.6 is 11.3 Å². The molecule has 260 valence electrons. The van der Waals surface area contributed by atoms with Crippen molar-refractivity contribution in [3.8, 4) is 5.75 Å². The number of carbonyl (C=O) groups is 3. The molecule has 1 aromatic heterocycles. The van der Waals surface area contributed by atoms with Gasteiger partial charge in [-0.2, -0.15) is 4.31 Å². The smallest absolute Gasteiger partial charge is 0.321 e. The van der Waals surface area contributed by atoms with Crippen molar-refractivity contribution in [2.75, 3.05) is 33.3 Å². The number of aliphatic hydroxyl groups excluding tert-OH is 1. The Morgan fingerprint density at radius 1 is 1.08 bits per heavy atom. The fraction of sp³-hybridized carbons (Fsp3) is 0.455. The molecule has 1 unspecified atom stereocenters. The molecule has 0 saturated carbocycles. The van der Waals surface area contributed by atoms with Crippen LogP contribution in [0.1, 0.15) is 36.5 Å². The highest BCUT2D eigenvalue weighted by molar-refractivity contribution is 7.89. The second-order valence-electron chi connectivity index (χ2n) is 12.4. The third kappa shape index (κ3) is 8.14. The number of rotatable bonds is 17. The fourth-order valence-corrected chi connectivity index (χ4v) is 8.50. The molecule has 2 heterocycles. The van der Waals surface area contributed by atoms with Crippen molar-refractivity contribution in [1.29, 1.82) is 0 Å². The number of primary amides is 2. The van der Waals surface area contributed by atoms with Crippen LogP contribution < -0.4 is 16.2 Å². The third-order valence-corrected chi connectivity index (χ3v) is 11.2. The number of aryl methyl sites for hydroxylation is 1. The van der Waals surface area contributed by atoms with E-state index in [2.05, 4.69) is 4.98 Å². The van der Waals surface area contributed by atoms with Gasteiger partial charge in [0.05, 0.1) is 41.8 Å². The molecular formula is C33H44N6O7S2. The van der Waals surface area contributed by atoms with E-state index in [-0.39, 0.29) is 43.4 Å². The van der Waals surface area contributed by atoms with Crippen LogP contribution in [-0.2, 0) is 32.6 Å². The first kappa shape index (κ1) is 36.8. The number of nitrogens with two attached hydrogens (primary N) is 2. The van der Waals surface area contributed by atoms with Gasteiger partial charge in [0.25, 0.3) is 0 Å². The molecule has 3 aromatic rings. The number of thiazole rings is 1. The number of nitrogens with zero attached hydrogens (tertiary/aromatic N) is 4. The molecule has 4 amide bonds. The molecule has 13 nitrogen and oxygen atoms in total. The maximum Gasteiger partial charge on any atom is 0.321 e. The average Bonchev–Trinajstić information content (AvgIpc) is 3.62. The summed E-state index contributed by atoms with van der Waals surface area (Å²) in [6.45, 7) is 5.48. The van der Waals surface area contributed by atoms with Crippen LogP contribution in [0.4, 0.5) is 4.79 Å². The Morgan fingerprint density at radius 2 is 1.75 bits per heavy atom. The number of carbonyl (C=O) groups excluding carboxylic acids is 3. The summed E-state index contributed by atoms with van der Waals surface area (Å²) in [5.41, 5.74) is 11.1. The van der Waals surface area contributed by atoms with E-state index in [1.54, 1.807) is 30.3 Å². The van der Waals surface area contributed by atoms with E-state index in [0.717, 1.165) is 9.31 Å². The minimum absolute atomic E-state index is 0.00996. The van der Waals surface area contributed by atoms with Gasteiger partial charge in [0, 0.05) is 37.5 Å². The van der Waals surface area contributed by atoms with Crippen molar-refractivity contribution in [1.82, 2.24) is 19.1 Å². The highest BCUT2D eigenvalue weighted by Gasteiger charge is 2.57. The molecule has 1 aliphatic rings. The van der Waals surface area contributed by atoms with E-state index < -0.39 is 58.4 Å². The monoisotopic (exact) mass is 700 g/mol. The maximum atomic E-state index is 14.1. The molecule has 0 radical (unpaired) electrons. The van der Waals surface area contributed by atoms with Crippen molar-refractivity contribution in [2.24, 2.45) is 23.3 Å². The van der Waals surface area contributed by atoms with Crippen LogP contribution in [0, 0.1) is 18.8 Å². The predicted octanol–water partition coefficient (Wildman–Crippen LogP) is 2.36. The number of hydrogen-bond donors (Lipinski definition) is 3. The van der Waals surface area contributed by atoms with Crippen LogP contribution in [-0.4, -0.2) is 95.4 Å². The van der Waals surface area contributed by atoms with Crippen molar-refractivity contribution in [2.45, 2.75) is 56.7 Å². The fourth-order valence-electron chi connectivity index (χ4n) is 6.27. The number of ether oxygens (including phenoxy) is 1. The molecular weight excluding hydrogens is 657 g/mol. The first-order valence-corrected chi connectivity index (χ1v) is 17.9. The zero-order valence-corrected chi connectivity index (χ0v) is 29.2. The van der Waals surface area contributed by atoms with E-state index >= 15 is 0 Å². The lowest BCUT2D eigenvalue weighted by molar-refractivity contribution is -0.141. The number of methoxy groups -OCH3 is 1. The van der Waals surface area contributed by atoms with Crippen molar-refractivity contribution < 1.29 is 32.6 Å². The number of hydrogen-bond acceptors (Lipinski definition) is 9. The Balaban J connectivity index is 1.80. The Labute approximate surface area is 285 Å². The number of sulfonamides is 1. The van der Waals surface area contributed by atoms with Crippen LogP contribution in [0.2, 0.25) is 0 Å². The summed E-state index contributed by atoms with van der Waals surface area (Å²) in [5.74, 6) is -2.86. The Morgan fingerprint density at radius 3 is 2.29 bits per heavy atom. The number of benzene rings is 2. The topological polar surface area (TPSA) is 189 Å². The second kappa shape index (κ2) is 15.4. The van der Waals surface area contributed by atoms with E-state index in [9.17, 15) is 27.9 Å². The van der Waals surface area contributed by atoms with E-state index in [1.165, 1.54) is 52.5 Å². The van der Waals surface area contributed by atoms with Gasteiger partial charge >= 0.3 is 6.03 Å². The summed E-state index contributed by atoms with van der Waals surface area (Å²) in [6.07, 6.45) is -2.28. The second-order valence-corrected chi connectivity index (χ2v) is 15.4. The van der Waals surface area contributed by atoms with Gasteiger partial charge in [-0.25, -0.2) is 18.2 Å². The SMILES string of the molecule is COc1ccc(S(=O)(=O)N(CC(C)C)C[C@H](O)[C@@H](Cc2ccccc2)C(CC(N)=O)(C(N)=O)N2CCN(Cc3csc(C)n3)C2=O)cc1. The molecule has 0 aliphatic carbocycles. The summed E-state index contributed by atoms with van der Waals surface area (Å²) >= 11 is 1.44. The summed E-state index contributed by atoms with van der Waals surface area (Å²) in [6, 6.07) is 14.2. The largest absolute Gasteiger partial charge is 0.497 e. The summed E-state index contributed by atoms with van der Waals surface area (Å²) in [4.78, 5) is 47.7. The third-order valence-electron chi connectivity index (χ3n) is 8.50. The highest BCUT2D eigenvalue weighted by Crippen LogP contribution is 2.38. The molecule has 0 bridgehead atoms. The molecule has 1 fully saturated rings. The van der Waals surface area contributed by atoms with Gasteiger partial charge in [-0.3, -0.25) is 9.59 Å². The van der Waals surface area contributed by atoms with E-state index in [4.69, 9.17) is 16.2 Å². The Kier molecular flexibility index (Phi) is 11.8. The number of aliphatic hydroxyl groups is 1. The molecule has 15 heteroatoms. The van der Waals surface area contributed by atoms with Gasteiger partial charge in [-0.1, -0.05) is 44.2 Å². The van der Waals surface area contributed by atoms with Crippen LogP contribution in [0.3, 0.4) is 0 Å². The van der Waals surface area contributed by atoms with E-state index in [1.807, 2.05) is 26.2 Å². The first-order chi connectivity index (χ1) is 22.7. The lowest BCUT2D eigenvalue weighted by Gasteiger charge is -2.46.